The highest BCUT2D eigenvalue weighted by molar-refractivity contribution is 5.18. The van der Waals surface area contributed by atoms with Crippen LogP contribution in [0.4, 0.5) is 0 Å². The van der Waals surface area contributed by atoms with Crippen molar-refractivity contribution < 1.29 is 4.74 Å². The first-order valence-corrected chi connectivity index (χ1v) is 2.79. The predicted octanol–water partition coefficient (Wildman–Crippen LogP) is 1.87. The smallest absolute Gasteiger partial charge is 0.114 e. The molecule has 1 rings (SSSR count). The zero-order chi connectivity index (χ0) is 5.98. The van der Waals surface area contributed by atoms with E-state index in [9.17, 15) is 0 Å². The lowest BCUT2D eigenvalue weighted by Gasteiger charge is -2.10. The molecular formula is C7H10O. The van der Waals surface area contributed by atoms with E-state index in [1.807, 2.05) is 13.0 Å². The van der Waals surface area contributed by atoms with Crippen LogP contribution in [0.2, 0.25) is 0 Å². The Morgan fingerprint density at radius 2 is 2.38 bits per heavy atom. The average molecular weight is 110 g/mol. The molecule has 0 aromatic rings. The molecule has 0 aliphatic carbocycles. The van der Waals surface area contributed by atoms with Crippen LogP contribution in [0.15, 0.2) is 24.0 Å². The van der Waals surface area contributed by atoms with Crippen molar-refractivity contribution in [2.45, 2.75) is 20.0 Å². The second-order valence-electron chi connectivity index (χ2n) is 2.05. The summed E-state index contributed by atoms with van der Waals surface area (Å²) in [7, 11) is 0. The molecule has 1 aliphatic rings. The Hall–Kier alpha value is -0.720. The summed E-state index contributed by atoms with van der Waals surface area (Å²) < 4.78 is 5.09. The van der Waals surface area contributed by atoms with Crippen molar-refractivity contribution in [3.8, 4) is 0 Å². The van der Waals surface area contributed by atoms with Gasteiger partial charge in [-0.05, 0) is 31.6 Å². The van der Waals surface area contributed by atoms with Crippen LogP contribution < -0.4 is 0 Å². The highest BCUT2D eigenvalue weighted by Crippen LogP contribution is 2.07. The van der Waals surface area contributed by atoms with E-state index in [2.05, 4.69) is 13.0 Å². The number of allylic oxidation sites excluding steroid dienone is 2. The maximum atomic E-state index is 5.09. The Morgan fingerprint density at radius 1 is 1.62 bits per heavy atom. The lowest BCUT2D eigenvalue weighted by atomic mass is 10.2. The summed E-state index contributed by atoms with van der Waals surface area (Å²) in [5, 5.41) is 0. The van der Waals surface area contributed by atoms with Gasteiger partial charge in [0, 0.05) is 0 Å². The van der Waals surface area contributed by atoms with Gasteiger partial charge in [0.05, 0.1) is 6.26 Å². The first-order valence-electron chi connectivity index (χ1n) is 2.79. The lowest BCUT2D eigenvalue weighted by molar-refractivity contribution is 0.199. The minimum Gasteiger partial charge on any atom is -0.494 e. The standard InChI is InChI=1S/C7H10O/c1-6-3-4-8-7(2)5-6/h3-5,7H,1-2H3. The summed E-state index contributed by atoms with van der Waals surface area (Å²) in [5.74, 6) is 0. The fraction of sp³-hybridized carbons (Fsp3) is 0.429. The largest absolute Gasteiger partial charge is 0.494 e. The molecule has 0 saturated heterocycles. The van der Waals surface area contributed by atoms with E-state index in [0.29, 0.717) is 0 Å². The molecule has 44 valence electrons. The average Bonchev–Trinajstić information content (AvgIpc) is 1.64. The van der Waals surface area contributed by atoms with Gasteiger partial charge in [-0.1, -0.05) is 0 Å². The fourth-order valence-corrected chi connectivity index (χ4v) is 0.736. The van der Waals surface area contributed by atoms with Gasteiger partial charge in [0.2, 0.25) is 0 Å². The molecule has 0 N–H and O–H groups in total. The highest BCUT2D eigenvalue weighted by Gasteiger charge is 1.98. The molecular weight excluding hydrogens is 100 g/mol. The number of ether oxygens (including phenoxy) is 1. The van der Waals surface area contributed by atoms with Crippen molar-refractivity contribution in [2.75, 3.05) is 0 Å². The Bertz CT molecular complexity index is 133. The summed E-state index contributed by atoms with van der Waals surface area (Å²) in [4.78, 5) is 0. The summed E-state index contributed by atoms with van der Waals surface area (Å²) in [5.41, 5.74) is 1.28. The minimum absolute atomic E-state index is 0.264. The normalized spacial score (nSPS) is 26.8. The van der Waals surface area contributed by atoms with Crippen LogP contribution in [0.3, 0.4) is 0 Å². The van der Waals surface area contributed by atoms with Crippen molar-refractivity contribution in [1.82, 2.24) is 0 Å². The van der Waals surface area contributed by atoms with E-state index in [-0.39, 0.29) is 6.10 Å². The van der Waals surface area contributed by atoms with Gasteiger partial charge < -0.3 is 4.74 Å². The second-order valence-corrected chi connectivity index (χ2v) is 2.05. The Balaban J connectivity index is 2.63. The first-order chi connectivity index (χ1) is 3.79. The Labute approximate surface area is 49.7 Å². The molecule has 0 spiro atoms. The molecule has 0 saturated carbocycles. The molecule has 8 heavy (non-hydrogen) atoms. The molecule has 1 unspecified atom stereocenters. The van der Waals surface area contributed by atoms with Gasteiger partial charge in [-0.25, -0.2) is 0 Å². The lowest BCUT2D eigenvalue weighted by Crippen LogP contribution is -2.02. The topological polar surface area (TPSA) is 9.23 Å². The van der Waals surface area contributed by atoms with Gasteiger partial charge in [-0.2, -0.15) is 0 Å². The third kappa shape index (κ3) is 1.12. The van der Waals surface area contributed by atoms with Crippen LogP contribution in [0, 0.1) is 0 Å². The van der Waals surface area contributed by atoms with Crippen LogP contribution in [-0.4, -0.2) is 6.10 Å². The van der Waals surface area contributed by atoms with Gasteiger partial charge in [-0.15, -0.1) is 0 Å². The molecule has 0 aromatic carbocycles. The van der Waals surface area contributed by atoms with E-state index in [1.54, 1.807) is 6.26 Å². The SMILES string of the molecule is CC1=CC(C)OC=C1. The second kappa shape index (κ2) is 2.03. The van der Waals surface area contributed by atoms with Gasteiger partial charge in [0.15, 0.2) is 0 Å². The summed E-state index contributed by atoms with van der Waals surface area (Å²) in [6.07, 6.45) is 6.04. The number of rotatable bonds is 0. The summed E-state index contributed by atoms with van der Waals surface area (Å²) in [6, 6.07) is 0. The summed E-state index contributed by atoms with van der Waals surface area (Å²) in [6.45, 7) is 4.09. The van der Waals surface area contributed by atoms with Crippen molar-refractivity contribution in [3.05, 3.63) is 24.0 Å². The molecule has 0 radical (unpaired) electrons. The van der Waals surface area contributed by atoms with Gasteiger partial charge in [0.1, 0.15) is 6.10 Å². The molecule has 1 atom stereocenters. The van der Waals surface area contributed by atoms with Crippen molar-refractivity contribution in [1.29, 1.82) is 0 Å². The Kier molecular flexibility index (Phi) is 1.38. The fourth-order valence-electron chi connectivity index (χ4n) is 0.736. The van der Waals surface area contributed by atoms with Gasteiger partial charge in [-0.3, -0.25) is 0 Å². The quantitative estimate of drug-likeness (QED) is 0.462. The van der Waals surface area contributed by atoms with Crippen LogP contribution in [0.5, 0.6) is 0 Å². The third-order valence-corrected chi connectivity index (χ3v) is 1.12. The maximum absolute atomic E-state index is 5.09. The molecule has 1 heteroatoms. The first kappa shape index (κ1) is 5.42. The van der Waals surface area contributed by atoms with Crippen LogP contribution in [0.1, 0.15) is 13.8 Å². The van der Waals surface area contributed by atoms with E-state index in [1.165, 1.54) is 5.57 Å². The highest BCUT2D eigenvalue weighted by atomic mass is 16.5. The monoisotopic (exact) mass is 110 g/mol. The zero-order valence-electron chi connectivity index (χ0n) is 5.22. The molecule has 0 amide bonds. The van der Waals surface area contributed by atoms with Crippen LogP contribution >= 0.6 is 0 Å². The van der Waals surface area contributed by atoms with E-state index in [0.717, 1.165) is 0 Å². The van der Waals surface area contributed by atoms with Gasteiger partial charge >= 0.3 is 0 Å². The Morgan fingerprint density at radius 3 is 2.75 bits per heavy atom. The third-order valence-electron chi connectivity index (χ3n) is 1.12. The molecule has 0 aromatic heterocycles. The molecule has 0 bridgehead atoms. The number of hydrogen-bond donors (Lipinski definition) is 0. The maximum Gasteiger partial charge on any atom is 0.114 e. The molecule has 1 aliphatic heterocycles. The zero-order valence-corrected chi connectivity index (χ0v) is 5.22. The minimum atomic E-state index is 0.264. The van der Waals surface area contributed by atoms with Crippen LogP contribution in [-0.2, 0) is 4.74 Å². The van der Waals surface area contributed by atoms with Crippen LogP contribution in [0.25, 0.3) is 0 Å². The molecule has 1 nitrogen and oxygen atoms in total. The molecule has 0 fully saturated rings. The van der Waals surface area contributed by atoms with Crippen molar-refractivity contribution >= 4 is 0 Å². The van der Waals surface area contributed by atoms with E-state index in [4.69, 9.17) is 4.74 Å². The van der Waals surface area contributed by atoms with Crippen molar-refractivity contribution in [3.63, 3.8) is 0 Å². The summed E-state index contributed by atoms with van der Waals surface area (Å²) >= 11 is 0. The van der Waals surface area contributed by atoms with E-state index < -0.39 is 0 Å². The predicted molar refractivity (Wildman–Crippen MR) is 33.4 cm³/mol. The van der Waals surface area contributed by atoms with Gasteiger partial charge in [0.25, 0.3) is 0 Å². The van der Waals surface area contributed by atoms with E-state index >= 15 is 0 Å². The van der Waals surface area contributed by atoms with Crippen molar-refractivity contribution in [2.24, 2.45) is 0 Å². The number of hydrogen-bond acceptors (Lipinski definition) is 1. The molecule has 1 heterocycles.